The fraction of sp³-hybridized carbons (Fsp3) is 0.480. The average Bonchev–Trinajstić information content (AvgIpc) is 2.73. The van der Waals surface area contributed by atoms with Gasteiger partial charge in [0.05, 0.1) is 32.0 Å². The largest absolute Gasteiger partial charge is 0.494 e. The molecule has 0 N–H and O–H groups in total. The van der Waals surface area contributed by atoms with E-state index in [0.717, 1.165) is 63.4 Å². The van der Waals surface area contributed by atoms with Crippen LogP contribution in [0.4, 0.5) is 0 Å². The summed E-state index contributed by atoms with van der Waals surface area (Å²) in [7, 11) is 0. The normalized spacial score (nSPS) is 14.7. The number of benzene rings is 2. The van der Waals surface area contributed by atoms with E-state index in [9.17, 15) is 4.79 Å². The highest BCUT2D eigenvalue weighted by Gasteiger charge is 2.33. The second-order valence-corrected chi connectivity index (χ2v) is 8.35. The zero-order valence-corrected chi connectivity index (χ0v) is 18.0. The Balaban J connectivity index is 1.25. The van der Waals surface area contributed by atoms with Gasteiger partial charge in [0.1, 0.15) is 11.5 Å². The van der Waals surface area contributed by atoms with E-state index < -0.39 is 0 Å². The van der Waals surface area contributed by atoms with E-state index in [2.05, 4.69) is 6.92 Å². The first-order valence-corrected chi connectivity index (χ1v) is 10.7. The summed E-state index contributed by atoms with van der Waals surface area (Å²) in [5.41, 5.74) is 1.87. The van der Waals surface area contributed by atoms with Gasteiger partial charge in [-0.25, -0.2) is 4.79 Å². The molecule has 162 valence electrons. The molecule has 5 nitrogen and oxygen atoms in total. The number of ether oxygens (including phenoxy) is 4. The molecule has 0 saturated carbocycles. The number of carbonyl (C=O) groups is 1. The summed E-state index contributed by atoms with van der Waals surface area (Å²) in [6, 6.07) is 14.5. The molecule has 0 radical (unpaired) electrons. The molecule has 1 heterocycles. The summed E-state index contributed by atoms with van der Waals surface area (Å²) < 4.78 is 22.1. The average molecular weight is 413 g/mol. The van der Waals surface area contributed by atoms with Gasteiger partial charge in [-0.15, -0.1) is 0 Å². The van der Waals surface area contributed by atoms with Gasteiger partial charge in [-0.2, -0.15) is 0 Å². The van der Waals surface area contributed by atoms with Gasteiger partial charge in [0.15, 0.2) is 0 Å². The smallest absolute Gasteiger partial charge is 0.343 e. The first kappa shape index (κ1) is 22.3. The third-order valence-electron chi connectivity index (χ3n) is 5.12. The van der Waals surface area contributed by atoms with Crippen molar-refractivity contribution in [3.05, 3.63) is 59.7 Å². The van der Waals surface area contributed by atoms with E-state index in [1.165, 1.54) is 0 Å². The molecule has 5 heteroatoms. The van der Waals surface area contributed by atoms with E-state index in [4.69, 9.17) is 18.9 Å². The van der Waals surface area contributed by atoms with Crippen LogP contribution >= 0.6 is 0 Å². The molecule has 0 amide bonds. The Bertz CT molecular complexity index is 778. The van der Waals surface area contributed by atoms with Crippen molar-refractivity contribution < 1.29 is 23.7 Å². The predicted octanol–water partition coefficient (Wildman–Crippen LogP) is 5.21. The second kappa shape index (κ2) is 11.1. The molecule has 0 unspecified atom stereocenters. The topological polar surface area (TPSA) is 54.0 Å². The second-order valence-electron chi connectivity index (χ2n) is 8.35. The molecule has 1 aliphatic heterocycles. The number of esters is 1. The maximum atomic E-state index is 12.2. The van der Waals surface area contributed by atoms with Crippen LogP contribution in [0.1, 0.15) is 48.5 Å². The Morgan fingerprint density at radius 3 is 2.17 bits per heavy atom. The minimum absolute atomic E-state index is 0.237. The first-order chi connectivity index (χ1) is 14.5. The Morgan fingerprint density at radius 1 is 0.900 bits per heavy atom. The standard InChI is InChI=1S/C25H32O5/c1-20-7-11-23(12-8-20)30-24(26)21-9-13-22(14-10-21)29-16-6-4-3-5-15-27-17-25(2)18-28-19-25/h7-14H,3-6,15-19H2,1-2H3. The van der Waals surface area contributed by atoms with Gasteiger partial charge >= 0.3 is 5.97 Å². The van der Waals surface area contributed by atoms with E-state index in [1.54, 1.807) is 24.3 Å². The van der Waals surface area contributed by atoms with Gasteiger partial charge in [0.25, 0.3) is 0 Å². The van der Waals surface area contributed by atoms with Crippen molar-refractivity contribution in [1.29, 1.82) is 0 Å². The van der Waals surface area contributed by atoms with Crippen molar-refractivity contribution in [3.63, 3.8) is 0 Å². The Kier molecular flexibility index (Phi) is 8.29. The molecule has 30 heavy (non-hydrogen) atoms. The monoisotopic (exact) mass is 412 g/mol. The highest BCUT2D eigenvalue weighted by atomic mass is 16.5. The van der Waals surface area contributed by atoms with Gasteiger partial charge in [-0.1, -0.05) is 31.0 Å². The molecular weight excluding hydrogens is 380 g/mol. The zero-order chi connectivity index (χ0) is 21.2. The third kappa shape index (κ3) is 7.15. The zero-order valence-electron chi connectivity index (χ0n) is 18.0. The number of carbonyl (C=O) groups excluding carboxylic acids is 1. The SMILES string of the molecule is Cc1ccc(OC(=O)c2ccc(OCCCCCCOCC3(C)COC3)cc2)cc1. The lowest BCUT2D eigenvalue weighted by atomic mass is 9.90. The molecule has 2 aromatic rings. The first-order valence-electron chi connectivity index (χ1n) is 10.7. The van der Waals surface area contributed by atoms with Crippen LogP contribution in [-0.4, -0.2) is 39.0 Å². The summed E-state index contributed by atoms with van der Waals surface area (Å²) >= 11 is 0. The number of rotatable bonds is 12. The van der Waals surface area contributed by atoms with Gasteiger partial charge in [-0.05, 0) is 62.6 Å². The van der Waals surface area contributed by atoms with Crippen LogP contribution in [0.25, 0.3) is 0 Å². The van der Waals surface area contributed by atoms with Crippen molar-refractivity contribution >= 4 is 5.97 Å². The van der Waals surface area contributed by atoms with Crippen molar-refractivity contribution in [2.24, 2.45) is 5.41 Å². The minimum Gasteiger partial charge on any atom is -0.494 e. The molecule has 1 saturated heterocycles. The Morgan fingerprint density at radius 2 is 1.53 bits per heavy atom. The summed E-state index contributed by atoms with van der Waals surface area (Å²) in [5, 5.41) is 0. The number of hydrogen-bond donors (Lipinski definition) is 0. The van der Waals surface area contributed by atoms with Crippen molar-refractivity contribution in [2.45, 2.75) is 39.5 Å². The lowest BCUT2D eigenvalue weighted by Crippen LogP contribution is -2.43. The summed E-state index contributed by atoms with van der Waals surface area (Å²) in [4.78, 5) is 12.2. The highest BCUT2D eigenvalue weighted by Crippen LogP contribution is 2.26. The molecular formula is C25H32O5. The third-order valence-corrected chi connectivity index (χ3v) is 5.12. The van der Waals surface area contributed by atoms with Gasteiger partial charge in [-0.3, -0.25) is 0 Å². The van der Waals surface area contributed by atoms with Crippen molar-refractivity contribution in [2.75, 3.05) is 33.0 Å². The van der Waals surface area contributed by atoms with Crippen molar-refractivity contribution in [3.8, 4) is 11.5 Å². The van der Waals surface area contributed by atoms with E-state index in [-0.39, 0.29) is 11.4 Å². The fourth-order valence-electron chi connectivity index (χ4n) is 3.16. The molecule has 3 rings (SSSR count). The molecule has 1 aliphatic rings. The van der Waals surface area contributed by atoms with Crippen LogP contribution in [0.2, 0.25) is 0 Å². The summed E-state index contributed by atoms with van der Waals surface area (Å²) in [6.07, 6.45) is 4.34. The number of unbranched alkanes of at least 4 members (excludes halogenated alkanes) is 3. The van der Waals surface area contributed by atoms with Gasteiger partial charge in [0.2, 0.25) is 0 Å². The van der Waals surface area contributed by atoms with Crippen LogP contribution < -0.4 is 9.47 Å². The van der Waals surface area contributed by atoms with Crippen LogP contribution in [-0.2, 0) is 9.47 Å². The van der Waals surface area contributed by atoms with Gasteiger partial charge < -0.3 is 18.9 Å². The maximum absolute atomic E-state index is 12.2. The molecule has 0 atom stereocenters. The Hall–Kier alpha value is -2.37. The van der Waals surface area contributed by atoms with Gasteiger partial charge in [0, 0.05) is 12.0 Å². The molecule has 2 aromatic carbocycles. The fourth-order valence-corrected chi connectivity index (χ4v) is 3.16. The lowest BCUT2D eigenvalue weighted by Gasteiger charge is -2.37. The molecule has 0 aliphatic carbocycles. The number of hydrogen-bond acceptors (Lipinski definition) is 5. The molecule has 0 spiro atoms. The molecule has 1 fully saturated rings. The van der Waals surface area contributed by atoms with Crippen LogP contribution in [0.15, 0.2) is 48.5 Å². The van der Waals surface area contributed by atoms with E-state index >= 15 is 0 Å². The predicted molar refractivity (Wildman–Crippen MR) is 116 cm³/mol. The maximum Gasteiger partial charge on any atom is 0.343 e. The molecule has 0 aromatic heterocycles. The summed E-state index contributed by atoms with van der Waals surface area (Å²) in [5.74, 6) is 0.940. The lowest BCUT2D eigenvalue weighted by molar-refractivity contribution is -0.137. The molecule has 0 bridgehead atoms. The van der Waals surface area contributed by atoms with Crippen molar-refractivity contribution in [1.82, 2.24) is 0 Å². The van der Waals surface area contributed by atoms with Crippen LogP contribution in [0.5, 0.6) is 11.5 Å². The van der Waals surface area contributed by atoms with E-state index in [1.807, 2.05) is 31.2 Å². The summed E-state index contributed by atoms with van der Waals surface area (Å²) in [6.45, 7) is 8.11. The Labute approximate surface area is 179 Å². The van der Waals surface area contributed by atoms with Crippen LogP contribution in [0, 0.1) is 12.3 Å². The highest BCUT2D eigenvalue weighted by molar-refractivity contribution is 5.91. The number of aryl methyl sites for hydroxylation is 1. The van der Waals surface area contributed by atoms with E-state index in [0.29, 0.717) is 17.9 Å². The minimum atomic E-state index is -0.369. The van der Waals surface area contributed by atoms with Crippen LogP contribution in [0.3, 0.4) is 0 Å². The quantitative estimate of drug-likeness (QED) is 0.272.